The standard InChI is InChI=1S/C22H29N5O2/c1-3-4-9-29-20-11-18-21(22(23)25-20)24-19(28)14-27(18)12-15-5-6-17-13-26(2)8-7-16(17)10-15/h5-6,10-11H,3-4,7-9,12-14H2,1-2H3,(H2,23,25)(H,24,28). The van der Waals surface area contributed by atoms with Crippen molar-refractivity contribution in [2.24, 2.45) is 0 Å². The Labute approximate surface area is 171 Å². The first-order valence-corrected chi connectivity index (χ1v) is 10.3. The van der Waals surface area contributed by atoms with E-state index in [0.717, 1.165) is 38.0 Å². The number of nitrogens with zero attached hydrogens (tertiary/aromatic N) is 3. The number of hydrogen-bond acceptors (Lipinski definition) is 6. The summed E-state index contributed by atoms with van der Waals surface area (Å²) < 4.78 is 5.77. The maximum absolute atomic E-state index is 12.3. The van der Waals surface area contributed by atoms with Crippen molar-refractivity contribution in [3.05, 3.63) is 41.0 Å². The smallest absolute Gasteiger partial charge is 0.244 e. The van der Waals surface area contributed by atoms with Gasteiger partial charge in [0.05, 0.1) is 18.8 Å². The Morgan fingerprint density at radius 1 is 1.24 bits per heavy atom. The van der Waals surface area contributed by atoms with Crippen molar-refractivity contribution in [3.8, 4) is 5.88 Å². The summed E-state index contributed by atoms with van der Waals surface area (Å²) in [5, 5.41) is 2.86. The van der Waals surface area contributed by atoms with Gasteiger partial charge in [0.15, 0.2) is 5.82 Å². The number of aromatic nitrogens is 1. The maximum atomic E-state index is 12.3. The number of amides is 1. The van der Waals surface area contributed by atoms with E-state index in [1.54, 1.807) is 0 Å². The molecule has 0 spiro atoms. The molecule has 4 rings (SSSR count). The molecular formula is C22H29N5O2. The van der Waals surface area contributed by atoms with Crippen molar-refractivity contribution in [3.63, 3.8) is 0 Å². The summed E-state index contributed by atoms with van der Waals surface area (Å²) in [5.41, 5.74) is 11.5. The number of unbranched alkanes of at least 4 members (excludes halogenated alkanes) is 1. The van der Waals surface area contributed by atoms with Gasteiger partial charge in [0.1, 0.15) is 5.69 Å². The van der Waals surface area contributed by atoms with Gasteiger partial charge in [-0.15, -0.1) is 0 Å². The molecule has 0 saturated carbocycles. The summed E-state index contributed by atoms with van der Waals surface area (Å²) in [6.07, 6.45) is 3.07. The van der Waals surface area contributed by atoms with Crippen LogP contribution in [0.25, 0.3) is 0 Å². The first-order chi connectivity index (χ1) is 14.0. The SMILES string of the molecule is CCCCOc1cc2c(c(N)n1)NC(=O)CN2Cc1ccc2c(c1)CCN(C)C2. The van der Waals surface area contributed by atoms with Crippen LogP contribution < -0.4 is 20.7 Å². The molecule has 2 aromatic rings. The summed E-state index contributed by atoms with van der Waals surface area (Å²) in [6, 6.07) is 8.53. The zero-order chi connectivity index (χ0) is 20.4. The number of anilines is 3. The predicted molar refractivity (Wildman–Crippen MR) is 115 cm³/mol. The van der Waals surface area contributed by atoms with Crippen molar-refractivity contribution in [1.29, 1.82) is 0 Å². The van der Waals surface area contributed by atoms with Crippen LogP contribution in [-0.4, -0.2) is 42.5 Å². The van der Waals surface area contributed by atoms with Gasteiger partial charge in [-0.25, -0.2) is 0 Å². The number of nitrogen functional groups attached to an aromatic ring is 1. The lowest BCUT2D eigenvalue weighted by Gasteiger charge is -2.32. The number of nitrogens with one attached hydrogen (secondary N) is 1. The number of likely N-dealkylation sites (N-methyl/N-ethyl adjacent to an activating group) is 1. The molecule has 154 valence electrons. The van der Waals surface area contributed by atoms with Crippen LogP contribution in [0.3, 0.4) is 0 Å². The summed E-state index contributed by atoms with van der Waals surface area (Å²) in [7, 11) is 2.15. The molecule has 0 atom stereocenters. The van der Waals surface area contributed by atoms with E-state index < -0.39 is 0 Å². The van der Waals surface area contributed by atoms with E-state index in [-0.39, 0.29) is 12.5 Å². The predicted octanol–water partition coefficient (Wildman–Crippen LogP) is 2.79. The number of ether oxygens (including phenoxy) is 1. The minimum Gasteiger partial charge on any atom is -0.478 e. The normalized spacial score (nSPS) is 16.2. The van der Waals surface area contributed by atoms with Crippen molar-refractivity contribution < 1.29 is 9.53 Å². The number of carbonyl (C=O) groups excluding carboxylic acids is 1. The summed E-state index contributed by atoms with van der Waals surface area (Å²) in [4.78, 5) is 21.0. The Hall–Kier alpha value is -2.80. The van der Waals surface area contributed by atoms with Crippen molar-refractivity contribution >= 4 is 23.1 Å². The summed E-state index contributed by atoms with van der Waals surface area (Å²) in [6.45, 7) is 5.71. The molecule has 0 fully saturated rings. The second-order valence-electron chi connectivity index (χ2n) is 7.94. The van der Waals surface area contributed by atoms with E-state index in [4.69, 9.17) is 10.5 Å². The van der Waals surface area contributed by atoms with Crippen molar-refractivity contribution in [2.75, 3.05) is 42.7 Å². The van der Waals surface area contributed by atoms with Crippen LogP contribution >= 0.6 is 0 Å². The first kappa shape index (κ1) is 19.5. The molecule has 0 bridgehead atoms. The van der Waals surface area contributed by atoms with Gasteiger partial charge in [-0.3, -0.25) is 4.79 Å². The molecule has 0 aliphatic carbocycles. The number of pyridine rings is 1. The van der Waals surface area contributed by atoms with E-state index in [1.807, 2.05) is 6.07 Å². The average Bonchev–Trinajstić information content (AvgIpc) is 2.69. The van der Waals surface area contributed by atoms with E-state index in [9.17, 15) is 4.79 Å². The zero-order valence-corrected chi connectivity index (χ0v) is 17.2. The summed E-state index contributed by atoms with van der Waals surface area (Å²) >= 11 is 0. The average molecular weight is 396 g/mol. The highest BCUT2D eigenvalue weighted by atomic mass is 16.5. The molecule has 0 radical (unpaired) electrons. The lowest BCUT2D eigenvalue weighted by molar-refractivity contribution is -0.115. The van der Waals surface area contributed by atoms with Gasteiger partial charge >= 0.3 is 0 Å². The van der Waals surface area contributed by atoms with Crippen LogP contribution in [0.4, 0.5) is 17.2 Å². The number of nitrogens with two attached hydrogens (primary N) is 1. The van der Waals surface area contributed by atoms with Gasteiger partial charge in [0.2, 0.25) is 11.8 Å². The Morgan fingerprint density at radius 2 is 2.10 bits per heavy atom. The minimum absolute atomic E-state index is 0.0785. The summed E-state index contributed by atoms with van der Waals surface area (Å²) in [5.74, 6) is 0.718. The molecule has 29 heavy (non-hydrogen) atoms. The molecule has 7 nitrogen and oxygen atoms in total. The van der Waals surface area contributed by atoms with E-state index in [0.29, 0.717) is 30.5 Å². The first-order valence-electron chi connectivity index (χ1n) is 10.3. The van der Waals surface area contributed by atoms with Crippen LogP contribution in [0, 0.1) is 0 Å². The molecule has 1 aromatic heterocycles. The quantitative estimate of drug-likeness (QED) is 0.732. The third-order valence-electron chi connectivity index (χ3n) is 5.54. The van der Waals surface area contributed by atoms with Gasteiger partial charge in [-0.05, 0) is 36.6 Å². The number of benzene rings is 1. The lowest BCUT2D eigenvalue weighted by atomic mass is 9.97. The minimum atomic E-state index is -0.0785. The number of rotatable bonds is 6. The fourth-order valence-electron chi connectivity index (χ4n) is 3.94. The Kier molecular flexibility index (Phi) is 5.58. The topological polar surface area (TPSA) is 83.7 Å². The Morgan fingerprint density at radius 3 is 2.93 bits per heavy atom. The molecule has 7 heteroatoms. The van der Waals surface area contributed by atoms with Crippen LogP contribution in [0.2, 0.25) is 0 Å². The molecule has 0 unspecified atom stereocenters. The van der Waals surface area contributed by atoms with Gasteiger partial charge in [0, 0.05) is 25.7 Å². The second-order valence-corrected chi connectivity index (χ2v) is 7.94. The largest absolute Gasteiger partial charge is 0.478 e. The number of hydrogen-bond donors (Lipinski definition) is 2. The van der Waals surface area contributed by atoms with E-state index in [2.05, 4.69) is 52.3 Å². The fourth-order valence-corrected chi connectivity index (χ4v) is 3.94. The van der Waals surface area contributed by atoms with Crippen LogP contribution in [0.15, 0.2) is 24.3 Å². The van der Waals surface area contributed by atoms with Crippen LogP contribution in [0.5, 0.6) is 5.88 Å². The van der Waals surface area contributed by atoms with Gasteiger partial charge < -0.3 is 25.6 Å². The highest BCUT2D eigenvalue weighted by Gasteiger charge is 2.26. The Balaban J connectivity index is 1.59. The van der Waals surface area contributed by atoms with Crippen molar-refractivity contribution in [2.45, 2.75) is 39.3 Å². The van der Waals surface area contributed by atoms with Gasteiger partial charge in [-0.2, -0.15) is 4.98 Å². The number of carbonyl (C=O) groups is 1. The third kappa shape index (κ3) is 4.29. The molecule has 3 heterocycles. The van der Waals surface area contributed by atoms with E-state index >= 15 is 0 Å². The fraction of sp³-hybridized carbons (Fsp3) is 0.455. The highest BCUT2D eigenvalue weighted by molar-refractivity contribution is 6.04. The molecule has 2 aliphatic heterocycles. The monoisotopic (exact) mass is 395 g/mol. The van der Waals surface area contributed by atoms with Crippen LogP contribution in [-0.2, 0) is 24.3 Å². The molecular weight excluding hydrogens is 366 g/mol. The molecule has 0 saturated heterocycles. The molecule has 1 aromatic carbocycles. The molecule has 3 N–H and O–H groups in total. The lowest BCUT2D eigenvalue weighted by Crippen LogP contribution is -2.38. The second kappa shape index (κ2) is 8.29. The Bertz CT molecular complexity index is 914. The van der Waals surface area contributed by atoms with Gasteiger partial charge in [-0.1, -0.05) is 31.5 Å². The third-order valence-corrected chi connectivity index (χ3v) is 5.54. The van der Waals surface area contributed by atoms with Gasteiger partial charge in [0.25, 0.3) is 0 Å². The number of fused-ring (bicyclic) bond motifs is 2. The highest BCUT2D eigenvalue weighted by Crippen LogP contribution is 2.37. The molecule has 2 aliphatic rings. The van der Waals surface area contributed by atoms with Crippen molar-refractivity contribution in [1.82, 2.24) is 9.88 Å². The van der Waals surface area contributed by atoms with Crippen LogP contribution in [0.1, 0.15) is 36.5 Å². The maximum Gasteiger partial charge on any atom is 0.244 e. The van der Waals surface area contributed by atoms with E-state index in [1.165, 1.54) is 16.7 Å². The molecule has 1 amide bonds. The zero-order valence-electron chi connectivity index (χ0n) is 17.2.